The molecule has 0 radical (unpaired) electrons. The third-order valence-corrected chi connectivity index (χ3v) is 1.16. The van der Waals surface area contributed by atoms with Crippen molar-refractivity contribution in [3.8, 4) is 0 Å². The molecule has 7 N–H and O–H groups in total. The van der Waals surface area contributed by atoms with Gasteiger partial charge in [0.25, 0.3) is 0 Å². The lowest BCUT2D eigenvalue weighted by molar-refractivity contribution is -0.138. The predicted octanol–water partition coefficient (Wildman–Crippen LogP) is -3.28. The summed E-state index contributed by atoms with van der Waals surface area (Å²) in [5.41, 5.74) is 0. The van der Waals surface area contributed by atoms with E-state index >= 15 is 0 Å². The van der Waals surface area contributed by atoms with Gasteiger partial charge in [-0.15, -0.1) is 0 Å². The Bertz CT molecular complexity index is 254. The van der Waals surface area contributed by atoms with Gasteiger partial charge in [-0.1, -0.05) is 0 Å². The Labute approximate surface area is 102 Å². The van der Waals surface area contributed by atoms with Crippen molar-refractivity contribution in [2.45, 2.75) is 6.29 Å². The summed E-state index contributed by atoms with van der Waals surface area (Å²) in [6.07, 6.45) is -1.48. The van der Waals surface area contributed by atoms with Crippen LogP contribution in [-0.4, -0.2) is 75.9 Å². The SMILES string of the molecule is O=C(O)CNCC(=O)O.O=C(O)CNCC(O)O. The fourth-order valence-corrected chi connectivity index (χ4v) is 0.585. The van der Waals surface area contributed by atoms with E-state index in [0.29, 0.717) is 0 Å². The van der Waals surface area contributed by atoms with Crippen LogP contribution in [0.2, 0.25) is 0 Å². The molecule has 0 amide bonds. The summed E-state index contributed by atoms with van der Waals surface area (Å²) in [5, 5.41) is 44.7. The van der Waals surface area contributed by atoms with Crippen molar-refractivity contribution >= 4 is 17.9 Å². The molecule has 10 nitrogen and oxygen atoms in total. The van der Waals surface area contributed by atoms with Gasteiger partial charge in [-0.3, -0.25) is 19.7 Å². The molecule has 0 aliphatic rings. The van der Waals surface area contributed by atoms with Crippen molar-refractivity contribution in [2.75, 3.05) is 26.2 Å². The van der Waals surface area contributed by atoms with Crippen LogP contribution in [0.5, 0.6) is 0 Å². The van der Waals surface area contributed by atoms with Crippen molar-refractivity contribution in [1.82, 2.24) is 10.6 Å². The number of nitrogens with one attached hydrogen (secondary N) is 2. The first-order valence-corrected chi connectivity index (χ1v) is 4.68. The van der Waals surface area contributed by atoms with Crippen molar-refractivity contribution in [1.29, 1.82) is 0 Å². The summed E-state index contributed by atoms with van der Waals surface area (Å²) in [6, 6.07) is 0. The van der Waals surface area contributed by atoms with E-state index in [1.807, 2.05) is 0 Å². The number of carboxylic acid groups (broad SMARTS) is 3. The highest BCUT2D eigenvalue weighted by atomic mass is 16.5. The summed E-state index contributed by atoms with van der Waals surface area (Å²) in [7, 11) is 0. The summed E-state index contributed by atoms with van der Waals surface area (Å²) in [4.78, 5) is 29.2. The maximum atomic E-state index is 9.76. The first kappa shape index (κ1) is 18.6. The van der Waals surface area contributed by atoms with E-state index in [1.165, 1.54) is 0 Å². The van der Waals surface area contributed by atoms with Crippen molar-refractivity contribution in [3.63, 3.8) is 0 Å². The number of hydrogen-bond acceptors (Lipinski definition) is 7. The summed E-state index contributed by atoms with van der Waals surface area (Å²) >= 11 is 0. The van der Waals surface area contributed by atoms with E-state index in [2.05, 4.69) is 10.6 Å². The molecule has 0 aliphatic heterocycles. The highest BCUT2D eigenvalue weighted by Gasteiger charge is 1.98. The van der Waals surface area contributed by atoms with E-state index in [-0.39, 0.29) is 26.2 Å². The van der Waals surface area contributed by atoms with Crippen LogP contribution in [0.25, 0.3) is 0 Å². The highest BCUT2D eigenvalue weighted by Crippen LogP contribution is 1.68. The second kappa shape index (κ2) is 11.7. The minimum absolute atomic E-state index is 0.119. The number of carbonyl (C=O) groups is 3. The normalized spacial score (nSPS) is 9.50. The molecule has 0 rings (SSSR count). The number of hydrogen-bond donors (Lipinski definition) is 7. The van der Waals surface area contributed by atoms with Gasteiger partial charge in [-0.25, -0.2) is 0 Å². The van der Waals surface area contributed by atoms with Crippen LogP contribution in [0, 0.1) is 0 Å². The molecule has 10 heteroatoms. The average molecular weight is 268 g/mol. The van der Waals surface area contributed by atoms with Gasteiger partial charge < -0.3 is 30.8 Å². The van der Waals surface area contributed by atoms with Gasteiger partial charge in [0.2, 0.25) is 0 Å². The Morgan fingerprint density at radius 1 is 0.778 bits per heavy atom. The third-order valence-electron chi connectivity index (χ3n) is 1.16. The Balaban J connectivity index is 0. The fourth-order valence-electron chi connectivity index (χ4n) is 0.585. The Morgan fingerprint density at radius 3 is 1.39 bits per heavy atom. The van der Waals surface area contributed by atoms with Gasteiger partial charge in [0.1, 0.15) is 0 Å². The maximum absolute atomic E-state index is 9.76. The van der Waals surface area contributed by atoms with Crippen LogP contribution < -0.4 is 10.6 Å². The van der Waals surface area contributed by atoms with Crippen LogP contribution in [0.15, 0.2) is 0 Å². The van der Waals surface area contributed by atoms with Gasteiger partial charge in [-0.05, 0) is 0 Å². The number of rotatable bonds is 8. The third kappa shape index (κ3) is 23.8. The molecule has 0 saturated heterocycles. The number of aliphatic hydroxyl groups is 2. The van der Waals surface area contributed by atoms with E-state index in [1.54, 1.807) is 0 Å². The molecule has 0 aromatic carbocycles. The molecule has 0 aromatic rings. The van der Waals surface area contributed by atoms with E-state index < -0.39 is 24.2 Å². The molecule has 0 unspecified atom stereocenters. The summed E-state index contributed by atoms with van der Waals surface area (Å²) < 4.78 is 0. The Morgan fingerprint density at radius 2 is 1.11 bits per heavy atom. The lowest BCUT2D eigenvalue weighted by atomic mass is 10.6. The zero-order chi connectivity index (χ0) is 14.6. The van der Waals surface area contributed by atoms with Gasteiger partial charge in [0.15, 0.2) is 6.29 Å². The van der Waals surface area contributed by atoms with E-state index in [9.17, 15) is 14.4 Å². The molecule has 0 heterocycles. The molecule has 0 aromatic heterocycles. The van der Waals surface area contributed by atoms with E-state index in [0.717, 1.165) is 0 Å². The molecule has 0 aliphatic carbocycles. The lowest BCUT2D eigenvalue weighted by Crippen LogP contribution is -2.30. The molecular weight excluding hydrogens is 252 g/mol. The second-order valence-electron chi connectivity index (χ2n) is 2.90. The molecular formula is C8H16N2O8. The quantitative estimate of drug-likeness (QED) is 0.221. The average Bonchev–Trinajstić information content (AvgIpc) is 2.15. The smallest absolute Gasteiger partial charge is 0.317 e. The van der Waals surface area contributed by atoms with Crippen molar-refractivity contribution < 1.29 is 39.9 Å². The number of aliphatic hydroxyl groups excluding tert-OH is 1. The second-order valence-corrected chi connectivity index (χ2v) is 2.90. The van der Waals surface area contributed by atoms with Crippen LogP contribution in [0.3, 0.4) is 0 Å². The summed E-state index contributed by atoms with van der Waals surface area (Å²) in [5.74, 6) is -3.14. The first-order valence-electron chi connectivity index (χ1n) is 4.68. The standard InChI is InChI=1S/C4H9NO4.C4H7NO4/c2*6-3(7)1-5-2-4(8)9/h3,5-7H,1-2H2,(H,8,9);5H,1-2H2,(H,6,7)(H,8,9). The topological polar surface area (TPSA) is 176 Å². The molecule has 0 bridgehead atoms. The Kier molecular flexibility index (Phi) is 12.1. The van der Waals surface area contributed by atoms with Crippen LogP contribution in [-0.2, 0) is 14.4 Å². The monoisotopic (exact) mass is 268 g/mol. The highest BCUT2D eigenvalue weighted by molar-refractivity contribution is 5.72. The first-order chi connectivity index (χ1) is 8.25. The van der Waals surface area contributed by atoms with Gasteiger partial charge >= 0.3 is 17.9 Å². The molecule has 0 atom stereocenters. The minimum atomic E-state index is -1.48. The zero-order valence-corrected chi connectivity index (χ0v) is 9.37. The van der Waals surface area contributed by atoms with Gasteiger partial charge in [0, 0.05) is 6.54 Å². The van der Waals surface area contributed by atoms with Gasteiger partial charge in [-0.2, -0.15) is 0 Å². The lowest BCUT2D eigenvalue weighted by Gasteiger charge is -2.01. The fraction of sp³-hybridized carbons (Fsp3) is 0.625. The minimum Gasteiger partial charge on any atom is -0.480 e. The molecule has 18 heavy (non-hydrogen) atoms. The zero-order valence-electron chi connectivity index (χ0n) is 9.37. The van der Waals surface area contributed by atoms with E-state index in [4.69, 9.17) is 25.5 Å². The molecule has 106 valence electrons. The van der Waals surface area contributed by atoms with Crippen LogP contribution in [0.1, 0.15) is 0 Å². The van der Waals surface area contributed by atoms with Crippen LogP contribution in [0.4, 0.5) is 0 Å². The largest absolute Gasteiger partial charge is 0.480 e. The van der Waals surface area contributed by atoms with Crippen molar-refractivity contribution in [3.05, 3.63) is 0 Å². The Hall–Kier alpha value is -1.75. The summed E-state index contributed by atoms with van der Waals surface area (Å²) in [6.45, 7) is -0.998. The predicted molar refractivity (Wildman–Crippen MR) is 56.9 cm³/mol. The molecule has 0 spiro atoms. The number of aliphatic carboxylic acids is 3. The van der Waals surface area contributed by atoms with Crippen molar-refractivity contribution in [2.24, 2.45) is 0 Å². The van der Waals surface area contributed by atoms with Crippen LogP contribution >= 0.6 is 0 Å². The molecule has 0 fully saturated rings. The van der Waals surface area contributed by atoms with Gasteiger partial charge in [0.05, 0.1) is 19.6 Å². The number of carboxylic acids is 3. The maximum Gasteiger partial charge on any atom is 0.317 e. The molecule has 0 saturated carbocycles.